The lowest BCUT2D eigenvalue weighted by Crippen LogP contribution is -2.19. The third kappa shape index (κ3) is 3.45. The van der Waals surface area contributed by atoms with Gasteiger partial charge in [-0.15, -0.1) is 0 Å². The topological polar surface area (TPSA) is 41.1 Å². The first kappa shape index (κ1) is 11.9. The fourth-order valence-electron chi connectivity index (χ4n) is 1.37. The fraction of sp³-hybridized carbons (Fsp3) is 0. The highest BCUT2D eigenvalue weighted by Gasteiger charge is 2.04. The third-order valence-electron chi connectivity index (χ3n) is 2.15. The normalized spacial score (nSPS) is 9.71. The fourth-order valence-corrected chi connectivity index (χ4v) is 1.89. The number of benzene rings is 2. The van der Waals surface area contributed by atoms with Crippen LogP contribution < -0.4 is 10.6 Å². The minimum Gasteiger partial charge on any atom is -0.308 e. The van der Waals surface area contributed by atoms with Gasteiger partial charge in [-0.3, -0.25) is 0 Å². The predicted octanol–water partition coefficient (Wildman–Crippen LogP) is 3.94. The number of rotatable bonds is 2. The van der Waals surface area contributed by atoms with Gasteiger partial charge in [0.25, 0.3) is 0 Å². The van der Waals surface area contributed by atoms with Crippen LogP contribution in [0.2, 0.25) is 0 Å². The second kappa shape index (κ2) is 5.67. The highest BCUT2D eigenvalue weighted by molar-refractivity contribution is 14.1. The SMILES string of the molecule is O=C(Nc1ccccc1)Nc1ccccc1I. The van der Waals surface area contributed by atoms with Crippen molar-refractivity contribution in [2.45, 2.75) is 0 Å². The van der Waals surface area contributed by atoms with Crippen molar-refractivity contribution in [2.24, 2.45) is 0 Å². The molecule has 2 aromatic rings. The lowest BCUT2D eigenvalue weighted by atomic mass is 10.3. The summed E-state index contributed by atoms with van der Waals surface area (Å²) in [6.07, 6.45) is 0. The summed E-state index contributed by atoms with van der Waals surface area (Å²) in [5.41, 5.74) is 1.58. The smallest absolute Gasteiger partial charge is 0.308 e. The van der Waals surface area contributed by atoms with E-state index < -0.39 is 0 Å². The Labute approximate surface area is 113 Å². The quantitative estimate of drug-likeness (QED) is 0.801. The van der Waals surface area contributed by atoms with Crippen molar-refractivity contribution in [3.8, 4) is 0 Å². The van der Waals surface area contributed by atoms with Gasteiger partial charge in [0.15, 0.2) is 0 Å². The van der Waals surface area contributed by atoms with E-state index >= 15 is 0 Å². The van der Waals surface area contributed by atoms with Gasteiger partial charge in [-0.05, 0) is 46.9 Å². The monoisotopic (exact) mass is 338 g/mol. The predicted molar refractivity (Wildman–Crippen MR) is 78.2 cm³/mol. The van der Waals surface area contributed by atoms with Gasteiger partial charge in [-0.2, -0.15) is 0 Å². The minimum atomic E-state index is -0.236. The number of halogens is 1. The summed E-state index contributed by atoms with van der Waals surface area (Å²) in [6, 6.07) is 16.7. The summed E-state index contributed by atoms with van der Waals surface area (Å²) in [6.45, 7) is 0. The van der Waals surface area contributed by atoms with Crippen LogP contribution in [0, 0.1) is 3.57 Å². The Bertz CT molecular complexity index is 514. The van der Waals surface area contributed by atoms with Crippen LogP contribution in [0.5, 0.6) is 0 Å². The van der Waals surface area contributed by atoms with E-state index in [9.17, 15) is 4.79 Å². The Kier molecular flexibility index (Phi) is 3.98. The maximum atomic E-state index is 11.7. The van der Waals surface area contributed by atoms with Crippen molar-refractivity contribution >= 4 is 40.0 Å². The maximum Gasteiger partial charge on any atom is 0.323 e. The molecule has 0 spiro atoms. The maximum absolute atomic E-state index is 11.7. The molecule has 0 unspecified atom stereocenters. The van der Waals surface area contributed by atoms with Crippen LogP contribution in [0.1, 0.15) is 0 Å². The molecule has 0 aliphatic heterocycles. The zero-order chi connectivity index (χ0) is 12.1. The number of amides is 2. The molecule has 0 saturated heterocycles. The van der Waals surface area contributed by atoms with E-state index in [0.29, 0.717) is 0 Å². The van der Waals surface area contributed by atoms with Crippen molar-refractivity contribution in [2.75, 3.05) is 10.6 Å². The van der Waals surface area contributed by atoms with Gasteiger partial charge in [-0.1, -0.05) is 30.3 Å². The molecule has 0 heterocycles. The van der Waals surface area contributed by atoms with Crippen molar-refractivity contribution in [3.05, 3.63) is 58.2 Å². The zero-order valence-corrected chi connectivity index (χ0v) is 11.1. The highest BCUT2D eigenvalue weighted by Crippen LogP contribution is 2.17. The molecular formula is C13H11IN2O. The summed E-state index contributed by atoms with van der Waals surface area (Å²) >= 11 is 2.18. The summed E-state index contributed by atoms with van der Waals surface area (Å²) in [4.78, 5) is 11.7. The highest BCUT2D eigenvalue weighted by atomic mass is 127. The van der Waals surface area contributed by atoms with E-state index in [1.807, 2.05) is 54.6 Å². The van der Waals surface area contributed by atoms with Crippen LogP contribution in [0.3, 0.4) is 0 Å². The molecule has 0 aromatic heterocycles. The molecule has 0 fully saturated rings. The molecule has 0 aliphatic carbocycles. The van der Waals surface area contributed by atoms with Crippen LogP contribution >= 0.6 is 22.6 Å². The lowest BCUT2D eigenvalue weighted by Gasteiger charge is -2.08. The lowest BCUT2D eigenvalue weighted by molar-refractivity contribution is 0.262. The van der Waals surface area contributed by atoms with Gasteiger partial charge in [-0.25, -0.2) is 4.79 Å². The molecule has 0 atom stereocenters. The summed E-state index contributed by atoms with van der Waals surface area (Å²) < 4.78 is 1.01. The second-order valence-corrected chi connectivity index (χ2v) is 4.59. The van der Waals surface area contributed by atoms with E-state index in [1.165, 1.54) is 0 Å². The van der Waals surface area contributed by atoms with Crippen molar-refractivity contribution < 1.29 is 4.79 Å². The van der Waals surface area contributed by atoms with Gasteiger partial charge < -0.3 is 10.6 Å². The van der Waals surface area contributed by atoms with Crippen molar-refractivity contribution in [1.82, 2.24) is 0 Å². The van der Waals surface area contributed by atoms with Crippen LogP contribution in [-0.2, 0) is 0 Å². The van der Waals surface area contributed by atoms with Gasteiger partial charge in [0.2, 0.25) is 0 Å². The first-order valence-electron chi connectivity index (χ1n) is 5.13. The molecule has 2 aromatic carbocycles. The molecule has 86 valence electrons. The van der Waals surface area contributed by atoms with E-state index in [-0.39, 0.29) is 6.03 Å². The number of carbonyl (C=O) groups excluding carboxylic acids is 1. The Morgan fingerprint density at radius 2 is 1.53 bits per heavy atom. The third-order valence-corrected chi connectivity index (χ3v) is 3.09. The Morgan fingerprint density at radius 3 is 2.24 bits per heavy atom. The Hall–Kier alpha value is -1.56. The number of carbonyl (C=O) groups is 1. The van der Waals surface area contributed by atoms with E-state index in [0.717, 1.165) is 14.9 Å². The molecular weight excluding hydrogens is 327 g/mol. The minimum absolute atomic E-state index is 0.236. The van der Waals surface area contributed by atoms with Crippen molar-refractivity contribution in [1.29, 1.82) is 0 Å². The van der Waals surface area contributed by atoms with Gasteiger partial charge in [0.1, 0.15) is 0 Å². The molecule has 2 amide bonds. The van der Waals surface area contributed by atoms with Crippen LogP contribution in [0.15, 0.2) is 54.6 Å². The number of nitrogens with one attached hydrogen (secondary N) is 2. The van der Waals surface area contributed by atoms with E-state index in [4.69, 9.17) is 0 Å². The number of para-hydroxylation sites is 2. The second-order valence-electron chi connectivity index (χ2n) is 3.42. The summed E-state index contributed by atoms with van der Waals surface area (Å²) in [5, 5.41) is 5.57. The number of hydrogen-bond donors (Lipinski definition) is 2. The molecule has 3 nitrogen and oxygen atoms in total. The molecule has 0 bridgehead atoms. The van der Waals surface area contributed by atoms with Crippen LogP contribution in [0.25, 0.3) is 0 Å². The average Bonchev–Trinajstić information content (AvgIpc) is 2.33. The number of anilines is 2. The van der Waals surface area contributed by atoms with Gasteiger partial charge in [0, 0.05) is 9.26 Å². The van der Waals surface area contributed by atoms with Crippen LogP contribution in [0.4, 0.5) is 16.2 Å². The Morgan fingerprint density at radius 1 is 0.882 bits per heavy atom. The standard InChI is InChI=1S/C13H11IN2O/c14-11-8-4-5-9-12(11)16-13(17)15-10-6-2-1-3-7-10/h1-9H,(H2,15,16,17). The molecule has 4 heteroatoms. The van der Waals surface area contributed by atoms with Gasteiger partial charge in [0.05, 0.1) is 5.69 Å². The summed E-state index contributed by atoms with van der Waals surface area (Å²) in [7, 11) is 0. The average molecular weight is 338 g/mol. The molecule has 17 heavy (non-hydrogen) atoms. The van der Waals surface area contributed by atoms with Crippen LogP contribution in [-0.4, -0.2) is 6.03 Å². The molecule has 0 saturated carbocycles. The molecule has 2 rings (SSSR count). The first-order valence-corrected chi connectivity index (χ1v) is 6.21. The first-order chi connectivity index (χ1) is 8.25. The largest absolute Gasteiger partial charge is 0.323 e. The van der Waals surface area contributed by atoms with Crippen molar-refractivity contribution in [3.63, 3.8) is 0 Å². The Balaban J connectivity index is 2.01. The molecule has 0 radical (unpaired) electrons. The molecule has 0 aliphatic rings. The number of hydrogen-bond acceptors (Lipinski definition) is 1. The van der Waals surface area contributed by atoms with E-state index in [2.05, 4.69) is 33.2 Å². The van der Waals surface area contributed by atoms with E-state index in [1.54, 1.807) is 0 Å². The van der Waals surface area contributed by atoms with Gasteiger partial charge >= 0.3 is 6.03 Å². The number of urea groups is 1. The zero-order valence-electron chi connectivity index (χ0n) is 8.98. The molecule has 2 N–H and O–H groups in total. The summed E-state index contributed by atoms with van der Waals surface area (Å²) in [5.74, 6) is 0.